The Morgan fingerprint density at radius 2 is 1.80 bits per heavy atom. The molecule has 164 valence electrons. The first-order valence-corrected chi connectivity index (χ1v) is 11.7. The lowest BCUT2D eigenvalue weighted by Crippen LogP contribution is -2.52. The molecule has 3 fully saturated rings. The number of nitrogens with one attached hydrogen (secondary N) is 1. The minimum atomic E-state index is -0.119. The van der Waals surface area contributed by atoms with Crippen LogP contribution in [0.5, 0.6) is 0 Å². The fourth-order valence-corrected chi connectivity index (χ4v) is 5.43. The van der Waals surface area contributed by atoms with E-state index < -0.39 is 0 Å². The lowest BCUT2D eigenvalue weighted by Gasteiger charge is -2.46. The fourth-order valence-electron chi connectivity index (χ4n) is 5.43. The Balaban J connectivity index is 1.23. The van der Waals surface area contributed by atoms with Gasteiger partial charge in [0.15, 0.2) is 0 Å². The minimum Gasteiger partial charge on any atom is -0.375 e. The third-order valence-electron chi connectivity index (χ3n) is 7.30. The van der Waals surface area contributed by atoms with Crippen molar-refractivity contribution in [2.75, 3.05) is 26.2 Å². The molecule has 0 aromatic carbocycles. The molecule has 3 heterocycles. The molecule has 6 nitrogen and oxygen atoms in total. The molecule has 1 aromatic heterocycles. The topological polar surface area (TPSA) is 71.5 Å². The number of carbonyl (C=O) groups excluding carboxylic acids is 2. The molecule has 1 spiro atoms. The van der Waals surface area contributed by atoms with Crippen LogP contribution in [0, 0.1) is 11.8 Å². The molecular formula is C24H35N3O3. The van der Waals surface area contributed by atoms with Gasteiger partial charge in [0.2, 0.25) is 5.91 Å². The van der Waals surface area contributed by atoms with Gasteiger partial charge < -0.3 is 15.0 Å². The summed E-state index contributed by atoms with van der Waals surface area (Å²) in [6.07, 6.45) is 14.1. The average molecular weight is 414 g/mol. The number of pyridine rings is 1. The molecule has 4 rings (SSSR count). The first kappa shape index (κ1) is 21.3. The number of likely N-dealkylation sites (tertiary alicyclic amines) is 1. The van der Waals surface area contributed by atoms with Crippen molar-refractivity contribution in [3.8, 4) is 0 Å². The van der Waals surface area contributed by atoms with Gasteiger partial charge in [-0.15, -0.1) is 0 Å². The second-order valence-electron chi connectivity index (χ2n) is 9.43. The molecule has 2 amide bonds. The van der Waals surface area contributed by atoms with Gasteiger partial charge in [-0.1, -0.05) is 19.3 Å². The van der Waals surface area contributed by atoms with E-state index in [1.165, 1.54) is 32.1 Å². The predicted molar refractivity (Wildman–Crippen MR) is 115 cm³/mol. The first-order valence-electron chi connectivity index (χ1n) is 11.7. The Labute approximate surface area is 179 Å². The van der Waals surface area contributed by atoms with Gasteiger partial charge in [-0.3, -0.25) is 14.6 Å². The predicted octanol–water partition coefficient (Wildman–Crippen LogP) is 3.57. The number of nitrogens with zero attached hydrogens (tertiary/aromatic N) is 2. The summed E-state index contributed by atoms with van der Waals surface area (Å²) in [5, 5.41) is 3.08. The summed E-state index contributed by atoms with van der Waals surface area (Å²) in [5.74, 6) is 1.32. The molecule has 0 radical (unpaired) electrons. The van der Waals surface area contributed by atoms with Crippen molar-refractivity contribution in [3.05, 3.63) is 30.1 Å². The van der Waals surface area contributed by atoms with Crippen LogP contribution in [0.2, 0.25) is 0 Å². The van der Waals surface area contributed by atoms with Gasteiger partial charge >= 0.3 is 0 Å². The molecule has 6 heteroatoms. The molecule has 3 aliphatic rings. The lowest BCUT2D eigenvalue weighted by atomic mass is 9.79. The molecule has 0 bridgehead atoms. The summed E-state index contributed by atoms with van der Waals surface area (Å²) in [5.41, 5.74) is 0.530. The van der Waals surface area contributed by atoms with Crippen molar-refractivity contribution in [2.24, 2.45) is 11.8 Å². The van der Waals surface area contributed by atoms with Gasteiger partial charge in [-0.25, -0.2) is 0 Å². The number of ether oxygens (including phenoxy) is 1. The van der Waals surface area contributed by atoms with Crippen LogP contribution in [0.25, 0.3) is 0 Å². The van der Waals surface area contributed by atoms with Crippen LogP contribution in [-0.4, -0.2) is 53.5 Å². The van der Waals surface area contributed by atoms with Gasteiger partial charge in [0.05, 0.1) is 5.60 Å². The van der Waals surface area contributed by atoms with Crippen molar-refractivity contribution in [2.45, 2.75) is 69.8 Å². The standard InChI is InChI=1S/C24H35N3O3/c28-22(16-19-4-2-1-3-5-19)27-13-9-24(10-14-27)17-20(8-15-30-24)18-26-23(29)21-6-11-25-12-7-21/h6-7,11-12,19-20H,1-5,8-10,13-18H2,(H,26,29). The summed E-state index contributed by atoms with van der Waals surface area (Å²) < 4.78 is 6.25. The smallest absolute Gasteiger partial charge is 0.251 e. The molecule has 1 aliphatic carbocycles. The number of carbonyl (C=O) groups is 2. The normalized spacial score (nSPS) is 24.5. The zero-order valence-electron chi connectivity index (χ0n) is 18.0. The highest BCUT2D eigenvalue weighted by Gasteiger charge is 2.41. The van der Waals surface area contributed by atoms with E-state index in [2.05, 4.69) is 15.2 Å². The Bertz CT molecular complexity index is 710. The second kappa shape index (κ2) is 9.90. The molecule has 1 unspecified atom stereocenters. The maximum absolute atomic E-state index is 12.7. The number of hydrogen-bond acceptors (Lipinski definition) is 4. The number of piperidine rings is 1. The Kier molecular flexibility index (Phi) is 7.03. The van der Waals surface area contributed by atoms with Crippen LogP contribution in [0.15, 0.2) is 24.5 Å². The van der Waals surface area contributed by atoms with E-state index in [1.807, 2.05) is 0 Å². The van der Waals surface area contributed by atoms with E-state index in [0.29, 0.717) is 29.9 Å². The average Bonchev–Trinajstić information content (AvgIpc) is 2.79. The molecular weight excluding hydrogens is 378 g/mol. The Morgan fingerprint density at radius 1 is 1.07 bits per heavy atom. The van der Waals surface area contributed by atoms with Gasteiger partial charge in [0, 0.05) is 50.6 Å². The summed E-state index contributed by atoms with van der Waals surface area (Å²) in [6, 6.07) is 3.47. The van der Waals surface area contributed by atoms with Crippen molar-refractivity contribution >= 4 is 11.8 Å². The molecule has 30 heavy (non-hydrogen) atoms. The van der Waals surface area contributed by atoms with E-state index in [0.717, 1.165) is 51.8 Å². The van der Waals surface area contributed by atoms with E-state index in [-0.39, 0.29) is 11.5 Å². The molecule has 1 saturated carbocycles. The minimum absolute atomic E-state index is 0.0407. The maximum Gasteiger partial charge on any atom is 0.251 e. The third kappa shape index (κ3) is 5.39. The van der Waals surface area contributed by atoms with Crippen molar-refractivity contribution in [1.29, 1.82) is 0 Å². The molecule has 1 atom stereocenters. The second-order valence-corrected chi connectivity index (χ2v) is 9.43. The van der Waals surface area contributed by atoms with E-state index in [4.69, 9.17) is 4.74 Å². The number of rotatable bonds is 5. The van der Waals surface area contributed by atoms with E-state index >= 15 is 0 Å². The Morgan fingerprint density at radius 3 is 2.53 bits per heavy atom. The van der Waals surface area contributed by atoms with Gasteiger partial charge in [-0.2, -0.15) is 0 Å². The third-order valence-corrected chi connectivity index (χ3v) is 7.30. The van der Waals surface area contributed by atoms with Crippen LogP contribution in [0.4, 0.5) is 0 Å². The van der Waals surface area contributed by atoms with E-state index in [1.54, 1.807) is 24.5 Å². The van der Waals surface area contributed by atoms with Gasteiger partial charge in [-0.05, 0) is 62.5 Å². The van der Waals surface area contributed by atoms with Gasteiger partial charge in [0.25, 0.3) is 5.91 Å². The zero-order valence-corrected chi connectivity index (χ0v) is 18.0. The van der Waals surface area contributed by atoms with Crippen LogP contribution in [0.3, 0.4) is 0 Å². The monoisotopic (exact) mass is 413 g/mol. The summed E-state index contributed by atoms with van der Waals surface area (Å²) >= 11 is 0. The molecule has 1 N–H and O–H groups in total. The lowest BCUT2D eigenvalue weighted by molar-refractivity contribution is -0.147. The summed E-state index contributed by atoms with van der Waals surface area (Å²) in [6.45, 7) is 3.03. The quantitative estimate of drug-likeness (QED) is 0.801. The van der Waals surface area contributed by atoms with Crippen molar-refractivity contribution in [3.63, 3.8) is 0 Å². The highest BCUT2D eigenvalue weighted by molar-refractivity contribution is 5.93. The SMILES string of the molecule is O=C(NCC1CCOC2(CCN(C(=O)CC3CCCCC3)CC2)C1)c1ccncc1. The number of hydrogen-bond donors (Lipinski definition) is 1. The summed E-state index contributed by atoms with van der Waals surface area (Å²) in [4.78, 5) is 31.1. The van der Waals surface area contributed by atoms with Crippen molar-refractivity contribution < 1.29 is 14.3 Å². The highest BCUT2D eigenvalue weighted by Crippen LogP contribution is 2.38. The van der Waals surface area contributed by atoms with Gasteiger partial charge in [0.1, 0.15) is 0 Å². The highest BCUT2D eigenvalue weighted by atomic mass is 16.5. The van der Waals surface area contributed by atoms with Crippen LogP contribution < -0.4 is 5.32 Å². The van der Waals surface area contributed by atoms with Crippen molar-refractivity contribution in [1.82, 2.24) is 15.2 Å². The molecule has 2 saturated heterocycles. The van der Waals surface area contributed by atoms with Crippen LogP contribution >= 0.6 is 0 Å². The Hall–Kier alpha value is -1.95. The zero-order chi connectivity index (χ0) is 20.8. The number of amides is 2. The fraction of sp³-hybridized carbons (Fsp3) is 0.708. The van der Waals surface area contributed by atoms with E-state index in [9.17, 15) is 9.59 Å². The van der Waals surface area contributed by atoms with Crippen LogP contribution in [-0.2, 0) is 9.53 Å². The summed E-state index contributed by atoms with van der Waals surface area (Å²) in [7, 11) is 0. The molecule has 1 aromatic rings. The largest absolute Gasteiger partial charge is 0.375 e. The maximum atomic E-state index is 12.7. The molecule has 2 aliphatic heterocycles. The number of aromatic nitrogens is 1. The first-order chi connectivity index (χ1) is 14.6. The van der Waals surface area contributed by atoms with Crippen LogP contribution in [0.1, 0.15) is 74.6 Å².